The number of nitrogens with one attached hydrogen (secondary N) is 1. The molecular weight excluding hydrogens is 293 g/mol. The highest BCUT2D eigenvalue weighted by Gasteiger charge is 2.00. The molecule has 1 aromatic rings. The van der Waals surface area contributed by atoms with Crippen LogP contribution in [0.4, 0.5) is 4.39 Å². The normalized spacial score (nSPS) is 11.6. The third kappa shape index (κ3) is 6.31. The molecular formula is C15H21BrFN. The lowest BCUT2D eigenvalue weighted by molar-refractivity contribution is 0.556. The van der Waals surface area contributed by atoms with Crippen LogP contribution in [0, 0.1) is 11.7 Å². The van der Waals surface area contributed by atoms with Gasteiger partial charge in [0.1, 0.15) is 5.82 Å². The van der Waals surface area contributed by atoms with E-state index in [1.807, 2.05) is 12.1 Å². The predicted octanol–water partition coefficient (Wildman–Crippen LogP) is 4.32. The van der Waals surface area contributed by atoms with Gasteiger partial charge >= 0.3 is 0 Å². The highest BCUT2D eigenvalue weighted by molar-refractivity contribution is 9.10. The third-order valence-corrected chi connectivity index (χ3v) is 3.05. The van der Waals surface area contributed by atoms with E-state index in [4.69, 9.17) is 0 Å². The minimum Gasteiger partial charge on any atom is -0.316 e. The van der Waals surface area contributed by atoms with Crippen molar-refractivity contribution in [3.05, 3.63) is 46.2 Å². The number of hydrogen-bond donors (Lipinski definition) is 1. The van der Waals surface area contributed by atoms with E-state index in [1.165, 1.54) is 6.07 Å². The number of hydrogen-bond acceptors (Lipinski definition) is 1. The van der Waals surface area contributed by atoms with Gasteiger partial charge in [0.15, 0.2) is 0 Å². The summed E-state index contributed by atoms with van der Waals surface area (Å²) >= 11 is 3.35. The van der Waals surface area contributed by atoms with Gasteiger partial charge in [-0.2, -0.15) is 0 Å². The Kier molecular flexibility index (Phi) is 7.21. The lowest BCUT2D eigenvalue weighted by atomic mass is 10.1. The van der Waals surface area contributed by atoms with Crippen molar-refractivity contribution >= 4 is 15.9 Å². The quantitative estimate of drug-likeness (QED) is 0.584. The Bertz CT molecular complexity index is 388. The largest absolute Gasteiger partial charge is 0.316 e. The molecule has 0 amide bonds. The van der Waals surface area contributed by atoms with Crippen molar-refractivity contribution in [2.24, 2.45) is 5.92 Å². The van der Waals surface area contributed by atoms with E-state index >= 15 is 0 Å². The first-order chi connectivity index (χ1) is 8.59. The summed E-state index contributed by atoms with van der Waals surface area (Å²) in [5.41, 5.74) is 0.732. The van der Waals surface area contributed by atoms with Crippen molar-refractivity contribution in [2.75, 3.05) is 13.1 Å². The maximum Gasteiger partial charge on any atom is 0.126 e. The van der Waals surface area contributed by atoms with Gasteiger partial charge in [-0.1, -0.05) is 41.9 Å². The lowest BCUT2D eigenvalue weighted by Crippen LogP contribution is -2.20. The molecule has 0 aromatic heterocycles. The van der Waals surface area contributed by atoms with Crippen molar-refractivity contribution in [2.45, 2.75) is 26.7 Å². The van der Waals surface area contributed by atoms with Crippen LogP contribution in [-0.4, -0.2) is 13.1 Å². The van der Waals surface area contributed by atoms with E-state index in [9.17, 15) is 4.39 Å². The number of benzene rings is 1. The Morgan fingerprint density at radius 3 is 2.83 bits per heavy atom. The molecule has 0 heterocycles. The van der Waals surface area contributed by atoms with Crippen LogP contribution in [0.2, 0.25) is 0 Å². The van der Waals surface area contributed by atoms with Gasteiger partial charge < -0.3 is 5.32 Å². The molecule has 0 spiro atoms. The fraction of sp³-hybridized carbons (Fsp3) is 0.467. The first kappa shape index (κ1) is 15.4. The summed E-state index contributed by atoms with van der Waals surface area (Å²) in [6.45, 7) is 6.42. The van der Waals surface area contributed by atoms with Gasteiger partial charge in [0.05, 0.1) is 0 Å². The van der Waals surface area contributed by atoms with Gasteiger partial charge in [-0.15, -0.1) is 0 Å². The zero-order valence-corrected chi connectivity index (χ0v) is 12.6. The van der Waals surface area contributed by atoms with E-state index in [1.54, 1.807) is 6.07 Å². The van der Waals surface area contributed by atoms with E-state index in [2.05, 4.69) is 41.2 Å². The summed E-state index contributed by atoms with van der Waals surface area (Å²) < 4.78 is 14.3. The minimum absolute atomic E-state index is 0.138. The molecule has 100 valence electrons. The Morgan fingerprint density at radius 1 is 1.33 bits per heavy atom. The molecule has 0 atom stereocenters. The second-order valence-corrected chi connectivity index (χ2v) is 5.71. The first-order valence-corrected chi connectivity index (χ1v) is 7.18. The molecule has 3 heteroatoms. The van der Waals surface area contributed by atoms with Crippen molar-refractivity contribution in [3.8, 4) is 0 Å². The summed E-state index contributed by atoms with van der Waals surface area (Å²) in [4.78, 5) is 0. The van der Waals surface area contributed by atoms with Crippen LogP contribution >= 0.6 is 15.9 Å². The predicted molar refractivity (Wildman–Crippen MR) is 79.3 cm³/mol. The average molecular weight is 314 g/mol. The van der Waals surface area contributed by atoms with Gasteiger partial charge in [0.2, 0.25) is 0 Å². The summed E-state index contributed by atoms with van der Waals surface area (Å²) in [6, 6.07) is 5.05. The summed E-state index contributed by atoms with van der Waals surface area (Å²) in [5.74, 6) is 0.547. The molecule has 0 aliphatic heterocycles. The fourth-order valence-electron chi connectivity index (χ4n) is 1.60. The molecule has 0 saturated heterocycles. The van der Waals surface area contributed by atoms with Crippen molar-refractivity contribution < 1.29 is 4.39 Å². The van der Waals surface area contributed by atoms with E-state index in [0.717, 1.165) is 29.5 Å². The zero-order valence-electron chi connectivity index (χ0n) is 11.0. The molecule has 0 saturated carbocycles. The molecule has 18 heavy (non-hydrogen) atoms. The second kappa shape index (κ2) is 8.44. The molecule has 0 aliphatic carbocycles. The Labute approximate surface area is 118 Å². The van der Waals surface area contributed by atoms with Crippen molar-refractivity contribution in [1.82, 2.24) is 5.32 Å². The maximum absolute atomic E-state index is 13.4. The Morgan fingerprint density at radius 2 is 2.11 bits per heavy atom. The van der Waals surface area contributed by atoms with E-state index in [0.29, 0.717) is 12.3 Å². The molecule has 0 unspecified atom stereocenters. The summed E-state index contributed by atoms with van der Waals surface area (Å²) in [6.07, 6.45) is 5.77. The third-order valence-electron chi connectivity index (χ3n) is 2.55. The Hall–Kier alpha value is -0.670. The Balaban J connectivity index is 2.25. The molecule has 0 radical (unpaired) electrons. The second-order valence-electron chi connectivity index (χ2n) is 4.80. The van der Waals surface area contributed by atoms with Gasteiger partial charge in [-0.3, -0.25) is 0 Å². The molecule has 1 rings (SSSR count). The van der Waals surface area contributed by atoms with Crippen LogP contribution in [0.25, 0.3) is 0 Å². The van der Waals surface area contributed by atoms with Crippen molar-refractivity contribution in [3.63, 3.8) is 0 Å². The smallest absolute Gasteiger partial charge is 0.126 e. The lowest BCUT2D eigenvalue weighted by Gasteiger charge is -2.05. The zero-order chi connectivity index (χ0) is 13.4. The van der Waals surface area contributed by atoms with Crippen LogP contribution in [0.1, 0.15) is 25.8 Å². The van der Waals surface area contributed by atoms with Gasteiger partial charge in [0.25, 0.3) is 0 Å². The topological polar surface area (TPSA) is 12.0 Å². The summed E-state index contributed by atoms with van der Waals surface area (Å²) in [5, 5.41) is 3.37. The monoisotopic (exact) mass is 313 g/mol. The molecule has 0 bridgehead atoms. The van der Waals surface area contributed by atoms with Crippen LogP contribution in [-0.2, 0) is 6.42 Å². The first-order valence-electron chi connectivity index (χ1n) is 6.39. The highest BCUT2D eigenvalue weighted by Crippen LogP contribution is 2.16. The number of rotatable bonds is 7. The SMILES string of the molecule is CC(C)CNCCC=CCc1cc(Br)ccc1F. The maximum atomic E-state index is 13.4. The fourth-order valence-corrected chi connectivity index (χ4v) is 2.01. The van der Waals surface area contributed by atoms with Crippen LogP contribution in [0.15, 0.2) is 34.8 Å². The average Bonchev–Trinajstić information content (AvgIpc) is 2.32. The molecule has 1 nitrogen and oxygen atoms in total. The van der Waals surface area contributed by atoms with E-state index in [-0.39, 0.29) is 5.82 Å². The molecule has 0 aliphatic rings. The summed E-state index contributed by atoms with van der Waals surface area (Å²) in [7, 11) is 0. The van der Waals surface area contributed by atoms with Gasteiger partial charge in [-0.05, 0) is 55.6 Å². The standard InChI is InChI=1S/C15H21BrFN/c1-12(2)11-18-9-5-3-4-6-13-10-14(16)7-8-15(13)17/h3-4,7-8,10,12,18H,5-6,9,11H2,1-2H3. The van der Waals surface area contributed by atoms with Crippen LogP contribution in [0.3, 0.4) is 0 Å². The van der Waals surface area contributed by atoms with E-state index < -0.39 is 0 Å². The molecule has 0 fully saturated rings. The number of halogens is 2. The van der Waals surface area contributed by atoms with Crippen LogP contribution in [0.5, 0.6) is 0 Å². The molecule has 1 aromatic carbocycles. The van der Waals surface area contributed by atoms with Crippen molar-refractivity contribution in [1.29, 1.82) is 0 Å². The highest BCUT2D eigenvalue weighted by atomic mass is 79.9. The number of allylic oxidation sites excluding steroid dienone is 1. The molecule has 1 N–H and O–H groups in total. The van der Waals surface area contributed by atoms with Gasteiger partial charge in [-0.25, -0.2) is 4.39 Å². The van der Waals surface area contributed by atoms with Gasteiger partial charge in [0, 0.05) is 4.47 Å². The minimum atomic E-state index is -0.138. The van der Waals surface area contributed by atoms with Crippen LogP contribution < -0.4 is 5.32 Å².